The van der Waals surface area contributed by atoms with Crippen molar-refractivity contribution in [2.45, 2.75) is 57.1 Å². The van der Waals surface area contributed by atoms with E-state index >= 15 is 0 Å². The molecule has 5 atom stereocenters. The summed E-state index contributed by atoms with van der Waals surface area (Å²) in [6, 6.07) is 24.3. The Kier molecular flexibility index (Phi) is 12.4. The van der Waals surface area contributed by atoms with E-state index in [2.05, 4.69) is 17.4 Å². The van der Waals surface area contributed by atoms with Gasteiger partial charge in [-0.1, -0.05) is 36.4 Å². The van der Waals surface area contributed by atoms with Crippen molar-refractivity contribution in [1.82, 2.24) is 5.32 Å². The SMILES string of the molecule is COc1ccc(F)cc1COCCCOc1ccc([C@@H]2[C@@H](OCc3cc(OC)c4ccccc4c3)CNC[C@H]2OC(O)C(C)O)cc1. The number of benzene rings is 4. The predicted octanol–water partition coefficient (Wildman–Crippen LogP) is 5.34. The summed E-state index contributed by atoms with van der Waals surface area (Å²) in [7, 11) is 3.21. The number of piperidine rings is 1. The van der Waals surface area contributed by atoms with Crippen molar-refractivity contribution in [2.24, 2.45) is 0 Å². The van der Waals surface area contributed by atoms with E-state index in [0.717, 1.165) is 27.6 Å². The fraction of sp³-hybridized carbons (Fsp3) is 0.405. The molecule has 3 N–H and O–H groups in total. The quantitative estimate of drug-likeness (QED) is 0.110. The van der Waals surface area contributed by atoms with E-state index in [-0.39, 0.29) is 24.4 Å². The van der Waals surface area contributed by atoms with Gasteiger partial charge in [0.05, 0.1) is 52.9 Å². The minimum absolute atomic E-state index is 0.228. The minimum atomic E-state index is -1.33. The normalized spacial score (nSPS) is 19.3. The summed E-state index contributed by atoms with van der Waals surface area (Å²) in [4.78, 5) is 0. The van der Waals surface area contributed by atoms with Gasteiger partial charge in [-0.3, -0.25) is 0 Å². The molecule has 0 aliphatic carbocycles. The van der Waals surface area contributed by atoms with Crippen molar-refractivity contribution in [3.05, 3.63) is 101 Å². The van der Waals surface area contributed by atoms with Gasteiger partial charge >= 0.3 is 0 Å². The van der Waals surface area contributed by atoms with Crippen LogP contribution in [0.4, 0.5) is 4.39 Å². The van der Waals surface area contributed by atoms with Gasteiger partial charge in [0.15, 0.2) is 6.29 Å². The molecular formula is C37H44FNO8. The van der Waals surface area contributed by atoms with Gasteiger partial charge in [-0.25, -0.2) is 4.39 Å². The van der Waals surface area contributed by atoms with Crippen LogP contribution in [0.2, 0.25) is 0 Å². The first-order valence-corrected chi connectivity index (χ1v) is 15.9. The molecule has 1 aliphatic rings. The van der Waals surface area contributed by atoms with Crippen molar-refractivity contribution in [3.63, 3.8) is 0 Å². The lowest BCUT2D eigenvalue weighted by atomic mass is 9.85. The van der Waals surface area contributed by atoms with Gasteiger partial charge in [-0.15, -0.1) is 0 Å². The van der Waals surface area contributed by atoms with Crippen molar-refractivity contribution in [1.29, 1.82) is 0 Å². The van der Waals surface area contributed by atoms with Crippen molar-refractivity contribution in [3.8, 4) is 17.2 Å². The topological polar surface area (TPSA) is 108 Å². The highest BCUT2D eigenvalue weighted by atomic mass is 19.1. The Morgan fingerprint density at radius 2 is 1.62 bits per heavy atom. The Labute approximate surface area is 275 Å². The first-order chi connectivity index (χ1) is 22.9. The molecule has 0 radical (unpaired) electrons. The number of hydrogen-bond donors (Lipinski definition) is 3. The van der Waals surface area contributed by atoms with Gasteiger partial charge < -0.3 is 44.0 Å². The largest absolute Gasteiger partial charge is 0.496 e. The van der Waals surface area contributed by atoms with Crippen LogP contribution in [0.25, 0.3) is 10.8 Å². The van der Waals surface area contributed by atoms with Crippen LogP contribution in [-0.2, 0) is 27.4 Å². The summed E-state index contributed by atoms with van der Waals surface area (Å²) in [6.45, 7) is 4.05. The van der Waals surface area contributed by atoms with E-state index in [1.54, 1.807) is 20.3 Å². The summed E-state index contributed by atoms with van der Waals surface area (Å²) in [6.07, 6.45) is -2.47. The fourth-order valence-corrected chi connectivity index (χ4v) is 5.85. The maximum Gasteiger partial charge on any atom is 0.180 e. The van der Waals surface area contributed by atoms with E-state index in [4.69, 9.17) is 28.4 Å². The Balaban J connectivity index is 1.21. The molecule has 0 spiro atoms. The van der Waals surface area contributed by atoms with Gasteiger partial charge in [0.1, 0.15) is 29.2 Å². The Morgan fingerprint density at radius 3 is 2.38 bits per heavy atom. The second-order valence-corrected chi connectivity index (χ2v) is 11.6. The van der Waals surface area contributed by atoms with Gasteiger partial charge in [0.2, 0.25) is 0 Å². The molecule has 4 aromatic rings. The van der Waals surface area contributed by atoms with E-state index in [1.807, 2.05) is 48.5 Å². The van der Waals surface area contributed by atoms with Crippen LogP contribution in [0.5, 0.6) is 17.2 Å². The maximum absolute atomic E-state index is 13.6. The van der Waals surface area contributed by atoms with Gasteiger partial charge in [-0.2, -0.15) is 0 Å². The molecule has 1 heterocycles. The predicted molar refractivity (Wildman–Crippen MR) is 176 cm³/mol. The zero-order chi connectivity index (χ0) is 33.2. The maximum atomic E-state index is 13.6. The standard InChI is InChI=1S/C37H44FNO8/c1-24(40)37(41)47-35-21-39-20-34(46-22-25-17-27-7-4-5-8-31(27)33(18-25)43-3)36(35)26-9-12-30(13-10-26)45-16-6-15-44-23-28-19-29(38)11-14-32(28)42-2/h4-5,7-14,17-19,24,34-37,39-41H,6,15-16,20-23H2,1-3H3/t24?,34-,35+,36+,37?/m0/s1. The van der Waals surface area contributed by atoms with E-state index in [1.165, 1.54) is 19.1 Å². The molecule has 252 valence electrons. The van der Waals surface area contributed by atoms with Crippen molar-refractivity contribution in [2.75, 3.05) is 40.5 Å². The molecule has 1 aliphatic heterocycles. The third-order valence-corrected chi connectivity index (χ3v) is 8.25. The summed E-state index contributed by atoms with van der Waals surface area (Å²) >= 11 is 0. The van der Waals surface area contributed by atoms with Crippen LogP contribution < -0.4 is 19.5 Å². The third kappa shape index (κ3) is 9.19. The number of nitrogens with one attached hydrogen (secondary N) is 1. The summed E-state index contributed by atoms with van der Waals surface area (Å²) < 4.78 is 48.6. The molecule has 4 aromatic carbocycles. The molecule has 1 fully saturated rings. The summed E-state index contributed by atoms with van der Waals surface area (Å²) in [5.41, 5.74) is 2.61. The molecule has 1 saturated heterocycles. The summed E-state index contributed by atoms with van der Waals surface area (Å²) in [5.74, 6) is 1.52. The highest BCUT2D eigenvalue weighted by Gasteiger charge is 2.38. The number of aliphatic hydroxyl groups excluding tert-OH is 2. The van der Waals surface area contributed by atoms with Crippen LogP contribution in [0.1, 0.15) is 36.0 Å². The van der Waals surface area contributed by atoms with Gasteiger partial charge in [0.25, 0.3) is 0 Å². The first-order valence-electron chi connectivity index (χ1n) is 15.9. The molecule has 0 aromatic heterocycles. The lowest BCUT2D eigenvalue weighted by Crippen LogP contribution is -2.52. The second kappa shape index (κ2) is 16.9. The number of methoxy groups -OCH3 is 2. The zero-order valence-corrected chi connectivity index (χ0v) is 27.1. The van der Waals surface area contributed by atoms with Gasteiger partial charge in [-0.05, 0) is 65.9 Å². The fourth-order valence-electron chi connectivity index (χ4n) is 5.85. The first kappa shape index (κ1) is 34.6. The Bertz CT molecular complexity index is 1570. The lowest BCUT2D eigenvalue weighted by molar-refractivity contribution is -0.199. The van der Waals surface area contributed by atoms with E-state index in [9.17, 15) is 14.6 Å². The number of fused-ring (bicyclic) bond motifs is 1. The number of rotatable bonds is 16. The molecule has 47 heavy (non-hydrogen) atoms. The minimum Gasteiger partial charge on any atom is -0.496 e. The molecule has 0 saturated carbocycles. The number of hydrogen-bond acceptors (Lipinski definition) is 9. The van der Waals surface area contributed by atoms with Crippen LogP contribution in [-0.4, -0.2) is 75.3 Å². The smallest absolute Gasteiger partial charge is 0.180 e. The monoisotopic (exact) mass is 649 g/mol. The average Bonchev–Trinajstić information content (AvgIpc) is 3.08. The van der Waals surface area contributed by atoms with E-state index < -0.39 is 18.5 Å². The highest BCUT2D eigenvalue weighted by Crippen LogP contribution is 2.34. The van der Waals surface area contributed by atoms with Crippen molar-refractivity contribution < 1.29 is 43.0 Å². The lowest BCUT2D eigenvalue weighted by Gasteiger charge is -2.40. The Hall–Kier alpha value is -3.77. The number of halogens is 1. The third-order valence-electron chi connectivity index (χ3n) is 8.25. The van der Waals surface area contributed by atoms with Crippen LogP contribution >= 0.6 is 0 Å². The van der Waals surface area contributed by atoms with Crippen LogP contribution in [0.15, 0.2) is 78.9 Å². The average molecular weight is 650 g/mol. The van der Waals surface area contributed by atoms with Crippen molar-refractivity contribution >= 4 is 10.8 Å². The van der Waals surface area contributed by atoms with Gasteiger partial charge in [0, 0.05) is 36.4 Å². The number of ether oxygens (including phenoxy) is 6. The summed E-state index contributed by atoms with van der Waals surface area (Å²) in [5, 5.41) is 25.8. The molecule has 0 bridgehead atoms. The molecule has 0 amide bonds. The zero-order valence-electron chi connectivity index (χ0n) is 27.1. The molecule has 9 nitrogen and oxygen atoms in total. The molecule has 10 heteroatoms. The second-order valence-electron chi connectivity index (χ2n) is 11.6. The van der Waals surface area contributed by atoms with Crippen LogP contribution in [0, 0.1) is 5.82 Å². The molecule has 5 rings (SSSR count). The molecular weight excluding hydrogens is 605 g/mol. The molecule has 2 unspecified atom stereocenters. The highest BCUT2D eigenvalue weighted by molar-refractivity contribution is 5.89. The van der Waals surface area contributed by atoms with Crippen LogP contribution in [0.3, 0.4) is 0 Å². The number of aliphatic hydroxyl groups is 2. The van der Waals surface area contributed by atoms with E-state index in [0.29, 0.717) is 56.4 Å². The Morgan fingerprint density at radius 1 is 0.851 bits per heavy atom.